The van der Waals surface area contributed by atoms with Gasteiger partial charge < -0.3 is 9.80 Å². The van der Waals surface area contributed by atoms with E-state index >= 15 is 0 Å². The normalized spacial score (nSPS) is 15.0. The second-order valence-electron chi connectivity index (χ2n) is 5.42. The average molecular weight is 316 g/mol. The van der Waals surface area contributed by atoms with Gasteiger partial charge in [0.15, 0.2) is 5.78 Å². The summed E-state index contributed by atoms with van der Waals surface area (Å²) in [6, 6.07) is 11.5. The van der Waals surface area contributed by atoms with E-state index in [9.17, 15) is 4.79 Å². The van der Waals surface area contributed by atoms with Gasteiger partial charge in [0.05, 0.1) is 0 Å². The van der Waals surface area contributed by atoms with E-state index in [4.69, 9.17) is 11.6 Å². The predicted octanol–water partition coefficient (Wildman–Crippen LogP) is 3.26. The predicted molar refractivity (Wildman–Crippen MR) is 90.1 cm³/mol. The molecule has 2 aromatic rings. The minimum absolute atomic E-state index is 0.0378. The van der Waals surface area contributed by atoms with Crippen LogP contribution in [0.25, 0.3) is 0 Å². The highest BCUT2D eigenvalue weighted by Gasteiger charge is 2.19. The van der Waals surface area contributed by atoms with Crippen LogP contribution in [0.2, 0.25) is 5.02 Å². The summed E-state index contributed by atoms with van der Waals surface area (Å²) in [6.45, 7) is 5.13. The number of hydrogen-bond donors (Lipinski definition) is 0. The molecule has 0 N–H and O–H groups in total. The lowest BCUT2D eigenvalue weighted by molar-refractivity contribution is 0.101. The highest BCUT2D eigenvalue weighted by molar-refractivity contribution is 6.31. The summed E-state index contributed by atoms with van der Waals surface area (Å²) < 4.78 is 0. The summed E-state index contributed by atoms with van der Waals surface area (Å²) in [4.78, 5) is 20.5. The van der Waals surface area contributed by atoms with E-state index in [1.807, 2.05) is 36.5 Å². The Morgan fingerprint density at radius 2 is 1.82 bits per heavy atom. The molecule has 1 fully saturated rings. The van der Waals surface area contributed by atoms with Gasteiger partial charge in [-0.15, -0.1) is 0 Å². The summed E-state index contributed by atoms with van der Waals surface area (Å²) in [5.74, 6) is 1.05. The van der Waals surface area contributed by atoms with Crippen LogP contribution < -0.4 is 9.80 Å². The molecule has 0 spiro atoms. The number of aromatic nitrogens is 1. The molecule has 1 aliphatic rings. The third kappa shape index (κ3) is 3.22. The van der Waals surface area contributed by atoms with Crippen molar-refractivity contribution in [2.24, 2.45) is 0 Å². The Balaban J connectivity index is 1.73. The molecule has 1 aliphatic heterocycles. The quantitative estimate of drug-likeness (QED) is 0.815. The van der Waals surface area contributed by atoms with Crippen LogP contribution in [0.4, 0.5) is 11.5 Å². The fourth-order valence-electron chi connectivity index (χ4n) is 2.69. The minimum Gasteiger partial charge on any atom is -0.368 e. The van der Waals surface area contributed by atoms with Gasteiger partial charge in [0, 0.05) is 48.6 Å². The van der Waals surface area contributed by atoms with E-state index in [0.29, 0.717) is 10.6 Å². The Hall–Kier alpha value is -2.07. The first-order valence-electron chi connectivity index (χ1n) is 7.36. The molecule has 1 saturated heterocycles. The molecule has 0 bridgehead atoms. The number of halogens is 1. The second kappa shape index (κ2) is 6.36. The Morgan fingerprint density at radius 1 is 1.09 bits per heavy atom. The molecule has 0 amide bonds. The monoisotopic (exact) mass is 315 g/mol. The van der Waals surface area contributed by atoms with E-state index in [1.54, 1.807) is 13.0 Å². The molecular formula is C17H18ClN3O. The number of piperazine rings is 1. The van der Waals surface area contributed by atoms with Crippen LogP contribution in [-0.4, -0.2) is 36.9 Å². The Bertz CT molecular complexity index is 667. The molecule has 0 atom stereocenters. The highest BCUT2D eigenvalue weighted by Crippen LogP contribution is 2.24. The van der Waals surface area contributed by atoms with Gasteiger partial charge >= 0.3 is 0 Å². The molecule has 4 nitrogen and oxygen atoms in total. The Kier molecular flexibility index (Phi) is 4.29. The molecule has 0 saturated carbocycles. The van der Waals surface area contributed by atoms with Gasteiger partial charge in [0.2, 0.25) is 0 Å². The maximum absolute atomic E-state index is 11.6. The molecule has 114 valence electrons. The van der Waals surface area contributed by atoms with Gasteiger partial charge in [0.1, 0.15) is 5.82 Å². The molecule has 3 rings (SSSR count). The van der Waals surface area contributed by atoms with E-state index in [0.717, 1.165) is 37.7 Å². The van der Waals surface area contributed by atoms with Crippen LogP contribution in [0.1, 0.15) is 17.3 Å². The van der Waals surface area contributed by atoms with Crippen LogP contribution in [0, 0.1) is 0 Å². The van der Waals surface area contributed by atoms with Crippen LogP contribution in [-0.2, 0) is 0 Å². The first-order chi connectivity index (χ1) is 10.6. The number of carbonyl (C=O) groups excluding carboxylic acids is 1. The standard InChI is InChI=1S/C17H18ClN3O/c1-13(22)14-10-15(18)12-16(11-14)20-6-8-21(9-7-20)17-4-2-3-5-19-17/h2-5,10-12H,6-9H2,1H3. The average Bonchev–Trinajstić information content (AvgIpc) is 2.55. The zero-order chi connectivity index (χ0) is 15.5. The molecule has 1 aromatic heterocycles. The minimum atomic E-state index is 0.0378. The third-order valence-electron chi connectivity index (χ3n) is 3.91. The van der Waals surface area contributed by atoms with Gasteiger partial charge in [0.25, 0.3) is 0 Å². The zero-order valence-electron chi connectivity index (χ0n) is 12.5. The van der Waals surface area contributed by atoms with E-state index in [1.165, 1.54) is 0 Å². The van der Waals surface area contributed by atoms with Crippen molar-refractivity contribution in [2.75, 3.05) is 36.0 Å². The molecule has 0 radical (unpaired) electrons. The van der Waals surface area contributed by atoms with Gasteiger partial charge in [-0.3, -0.25) is 4.79 Å². The van der Waals surface area contributed by atoms with Crippen LogP contribution in [0.5, 0.6) is 0 Å². The zero-order valence-corrected chi connectivity index (χ0v) is 13.3. The van der Waals surface area contributed by atoms with Crippen molar-refractivity contribution in [3.8, 4) is 0 Å². The number of rotatable bonds is 3. The largest absolute Gasteiger partial charge is 0.368 e. The lowest BCUT2D eigenvalue weighted by Crippen LogP contribution is -2.46. The SMILES string of the molecule is CC(=O)c1cc(Cl)cc(N2CCN(c3ccccn3)CC2)c1. The van der Waals surface area contributed by atoms with Gasteiger partial charge in [-0.1, -0.05) is 17.7 Å². The molecule has 1 aromatic carbocycles. The first-order valence-corrected chi connectivity index (χ1v) is 7.74. The number of benzene rings is 1. The van der Waals surface area contributed by atoms with Gasteiger partial charge in [-0.25, -0.2) is 4.98 Å². The summed E-state index contributed by atoms with van der Waals surface area (Å²) >= 11 is 6.14. The first kappa shape index (κ1) is 14.9. The van der Waals surface area contributed by atoms with Gasteiger partial charge in [-0.05, 0) is 37.3 Å². The highest BCUT2D eigenvalue weighted by atomic mass is 35.5. The maximum atomic E-state index is 11.6. The van der Waals surface area contributed by atoms with E-state index in [-0.39, 0.29) is 5.78 Å². The summed E-state index contributed by atoms with van der Waals surface area (Å²) in [5.41, 5.74) is 1.67. The lowest BCUT2D eigenvalue weighted by atomic mass is 10.1. The molecule has 5 heteroatoms. The third-order valence-corrected chi connectivity index (χ3v) is 4.13. The fraction of sp³-hybridized carbons (Fsp3) is 0.294. The van der Waals surface area contributed by atoms with Crippen LogP contribution in [0.3, 0.4) is 0 Å². The topological polar surface area (TPSA) is 36.4 Å². The molecule has 22 heavy (non-hydrogen) atoms. The molecule has 0 aliphatic carbocycles. The maximum Gasteiger partial charge on any atom is 0.159 e. The van der Waals surface area contributed by atoms with Gasteiger partial charge in [-0.2, -0.15) is 0 Å². The van der Waals surface area contributed by atoms with Crippen molar-refractivity contribution < 1.29 is 4.79 Å². The Morgan fingerprint density at radius 3 is 2.45 bits per heavy atom. The van der Waals surface area contributed by atoms with Crippen molar-refractivity contribution >= 4 is 28.9 Å². The van der Waals surface area contributed by atoms with Crippen molar-refractivity contribution in [2.45, 2.75) is 6.92 Å². The summed E-state index contributed by atoms with van der Waals surface area (Å²) in [7, 11) is 0. The molecule has 2 heterocycles. The number of Topliss-reactive ketones (excluding diaryl/α,β-unsaturated/α-hetero) is 1. The van der Waals surface area contributed by atoms with E-state index < -0.39 is 0 Å². The number of anilines is 2. The number of hydrogen-bond acceptors (Lipinski definition) is 4. The lowest BCUT2D eigenvalue weighted by Gasteiger charge is -2.36. The van der Waals surface area contributed by atoms with Crippen LogP contribution in [0.15, 0.2) is 42.6 Å². The molecule has 0 unspecified atom stereocenters. The number of ketones is 1. The second-order valence-corrected chi connectivity index (χ2v) is 5.85. The smallest absolute Gasteiger partial charge is 0.159 e. The van der Waals surface area contributed by atoms with E-state index in [2.05, 4.69) is 14.8 Å². The summed E-state index contributed by atoms with van der Waals surface area (Å²) in [6.07, 6.45) is 1.82. The molecular weight excluding hydrogens is 298 g/mol. The number of pyridine rings is 1. The summed E-state index contributed by atoms with van der Waals surface area (Å²) in [5, 5.41) is 0.606. The Labute approximate surface area is 135 Å². The van der Waals surface area contributed by atoms with Crippen LogP contribution >= 0.6 is 11.6 Å². The van der Waals surface area contributed by atoms with Crippen molar-refractivity contribution in [3.05, 3.63) is 53.2 Å². The number of nitrogens with zero attached hydrogens (tertiary/aromatic N) is 3. The van der Waals surface area contributed by atoms with Crippen molar-refractivity contribution in [1.29, 1.82) is 0 Å². The fourth-order valence-corrected chi connectivity index (χ4v) is 2.92. The van der Waals surface area contributed by atoms with Crippen molar-refractivity contribution in [3.63, 3.8) is 0 Å². The number of carbonyl (C=O) groups is 1. The van der Waals surface area contributed by atoms with Crippen molar-refractivity contribution in [1.82, 2.24) is 4.98 Å².